The van der Waals surface area contributed by atoms with Gasteiger partial charge in [0.2, 0.25) is 5.90 Å². The average Bonchev–Trinajstić information content (AvgIpc) is 2.63. The summed E-state index contributed by atoms with van der Waals surface area (Å²) in [7, 11) is 0. The van der Waals surface area contributed by atoms with E-state index >= 15 is 0 Å². The van der Waals surface area contributed by atoms with E-state index in [2.05, 4.69) is 4.99 Å². The number of amides is 1. The summed E-state index contributed by atoms with van der Waals surface area (Å²) < 4.78 is 5.50. The fraction of sp³-hybridized carbons (Fsp3) is 0.333. The minimum Gasteiger partial charge on any atom is -0.464 e. The molecular weight excluding hydrogens is 190 g/mol. The normalized spacial score (nSPS) is 19.9. The van der Waals surface area contributed by atoms with Crippen molar-refractivity contribution in [1.82, 2.24) is 0 Å². The SMILES string of the molecule is CCC[C@H]1OC(c2ccccc2)=NC1=O. The lowest BCUT2D eigenvalue weighted by Crippen LogP contribution is -2.17. The van der Waals surface area contributed by atoms with Crippen LogP contribution in [-0.4, -0.2) is 17.9 Å². The number of carbonyl (C=O) groups is 1. The Morgan fingerprint density at radius 3 is 2.73 bits per heavy atom. The number of rotatable bonds is 3. The van der Waals surface area contributed by atoms with E-state index in [1.54, 1.807) is 0 Å². The van der Waals surface area contributed by atoms with Crippen LogP contribution in [0.5, 0.6) is 0 Å². The van der Waals surface area contributed by atoms with E-state index in [9.17, 15) is 4.79 Å². The van der Waals surface area contributed by atoms with Gasteiger partial charge in [-0.05, 0) is 18.6 Å². The Bertz CT molecular complexity index is 384. The van der Waals surface area contributed by atoms with Gasteiger partial charge in [-0.15, -0.1) is 0 Å². The Labute approximate surface area is 88.8 Å². The smallest absolute Gasteiger partial charge is 0.290 e. The van der Waals surface area contributed by atoms with Crippen LogP contribution in [-0.2, 0) is 9.53 Å². The van der Waals surface area contributed by atoms with E-state index in [0.29, 0.717) is 5.90 Å². The van der Waals surface area contributed by atoms with Gasteiger partial charge in [-0.1, -0.05) is 31.5 Å². The van der Waals surface area contributed by atoms with Crippen LogP contribution in [0.4, 0.5) is 0 Å². The Balaban J connectivity index is 2.14. The number of ether oxygens (including phenoxy) is 1. The second-order valence-corrected chi connectivity index (χ2v) is 3.52. The molecule has 0 fully saturated rings. The van der Waals surface area contributed by atoms with E-state index < -0.39 is 0 Å². The monoisotopic (exact) mass is 203 g/mol. The molecule has 0 saturated heterocycles. The predicted octanol–water partition coefficient (Wildman–Crippen LogP) is 2.16. The van der Waals surface area contributed by atoms with Crippen molar-refractivity contribution in [3.63, 3.8) is 0 Å². The molecule has 2 rings (SSSR count). The molecule has 0 saturated carbocycles. The molecule has 3 heteroatoms. The minimum atomic E-state index is -0.370. The third-order valence-electron chi connectivity index (χ3n) is 2.31. The Morgan fingerprint density at radius 1 is 1.33 bits per heavy atom. The van der Waals surface area contributed by atoms with Crippen molar-refractivity contribution in [2.75, 3.05) is 0 Å². The maximum absolute atomic E-state index is 11.4. The highest BCUT2D eigenvalue weighted by molar-refractivity contribution is 6.07. The molecule has 0 radical (unpaired) electrons. The summed E-state index contributed by atoms with van der Waals surface area (Å²) in [5.74, 6) is 0.301. The van der Waals surface area contributed by atoms with Crippen LogP contribution >= 0.6 is 0 Å². The van der Waals surface area contributed by atoms with Crippen LogP contribution in [0.2, 0.25) is 0 Å². The molecule has 0 aliphatic carbocycles. The summed E-state index contributed by atoms with van der Waals surface area (Å²) in [5, 5.41) is 0. The molecule has 0 spiro atoms. The van der Waals surface area contributed by atoms with Crippen molar-refractivity contribution >= 4 is 11.8 Å². The summed E-state index contributed by atoms with van der Waals surface area (Å²) in [6.45, 7) is 2.02. The predicted molar refractivity (Wildman–Crippen MR) is 57.8 cm³/mol. The minimum absolute atomic E-state index is 0.157. The molecule has 1 atom stereocenters. The van der Waals surface area contributed by atoms with Gasteiger partial charge in [0.15, 0.2) is 6.10 Å². The lowest BCUT2D eigenvalue weighted by Gasteiger charge is -2.07. The van der Waals surface area contributed by atoms with Crippen LogP contribution in [0.1, 0.15) is 25.3 Å². The van der Waals surface area contributed by atoms with E-state index in [0.717, 1.165) is 18.4 Å². The van der Waals surface area contributed by atoms with Crippen LogP contribution in [0, 0.1) is 0 Å². The second kappa shape index (κ2) is 4.26. The highest BCUT2D eigenvalue weighted by Crippen LogP contribution is 2.16. The first-order chi connectivity index (χ1) is 7.31. The summed E-state index contributed by atoms with van der Waals surface area (Å²) in [6, 6.07) is 9.50. The standard InChI is InChI=1S/C12H13NO2/c1-2-6-10-11(14)13-12(15-10)9-7-4-3-5-8-9/h3-5,7-8,10H,2,6H2,1H3/t10-/m1/s1. The van der Waals surface area contributed by atoms with Gasteiger partial charge in [-0.2, -0.15) is 4.99 Å². The fourth-order valence-electron chi connectivity index (χ4n) is 1.54. The zero-order valence-electron chi connectivity index (χ0n) is 8.64. The molecule has 1 heterocycles. The fourth-order valence-corrected chi connectivity index (χ4v) is 1.54. The van der Waals surface area contributed by atoms with E-state index in [1.807, 2.05) is 37.3 Å². The van der Waals surface area contributed by atoms with Gasteiger partial charge in [0.1, 0.15) is 0 Å². The van der Waals surface area contributed by atoms with Gasteiger partial charge in [-0.3, -0.25) is 4.79 Å². The molecule has 1 aliphatic heterocycles. The van der Waals surface area contributed by atoms with Gasteiger partial charge in [0, 0.05) is 5.56 Å². The van der Waals surface area contributed by atoms with Crippen molar-refractivity contribution in [2.45, 2.75) is 25.9 Å². The third-order valence-corrected chi connectivity index (χ3v) is 2.31. The highest BCUT2D eigenvalue weighted by atomic mass is 16.5. The molecule has 1 aliphatic rings. The average molecular weight is 203 g/mol. The quantitative estimate of drug-likeness (QED) is 0.755. The summed E-state index contributed by atoms with van der Waals surface area (Å²) in [5.41, 5.74) is 0.865. The number of benzene rings is 1. The highest BCUT2D eigenvalue weighted by Gasteiger charge is 2.28. The summed E-state index contributed by atoms with van der Waals surface area (Å²) in [6.07, 6.45) is 1.29. The van der Waals surface area contributed by atoms with Gasteiger partial charge >= 0.3 is 0 Å². The van der Waals surface area contributed by atoms with Crippen molar-refractivity contribution in [1.29, 1.82) is 0 Å². The second-order valence-electron chi connectivity index (χ2n) is 3.52. The Hall–Kier alpha value is -1.64. The van der Waals surface area contributed by atoms with Crippen molar-refractivity contribution < 1.29 is 9.53 Å². The molecule has 1 amide bonds. The van der Waals surface area contributed by atoms with Crippen LogP contribution in [0.25, 0.3) is 0 Å². The Morgan fingerprint density at radius 2 is 2.07 bits per heavy atom. The van der Waals surface area contributed by atoms with Gasteiger partial charge in [0.05, 0.1) is 0 Å². The lowest BCUT2D eigenvalue weighted by atomic mass is 10.2. The maximum atomic E-state index is 11.4. The van der Waals surface area contributed by atoms with Crippen molar-refractivity contribution in [3.05, 3.63) is 35.9 Å². The number of carbonyl (C=O) groups excluding carboxylic acids is 1. The van der Waals surface area contributed by atoms with Crippen LogP contribution < -0.4 is 0 Å². The molecule has 78 valence electrons. The third kappa shape index (κ3) is 2.06. The molecule has 3 nitrogen and oxygen atoms in total. The first kappa shape index (κ1) is 9.90. The van der Waals surface area contributed by atoms with Gasteiger partial charge in [-0.25, -0.2) is 0 Å². The molecule has 1 aromatic carbocycles. The zero-order valence-corrected chi connectivity index (χ0v) is 8.64. The summed E-state index contributed by atoms with van der Waals surface area (Å²) in [4.78, 5) is 15.3. The first-order valence-corrected chi connectivity index (χ1v) is 5.16. The van der Waals surface area contributed by atoms with E-state index in [4.69, 9.17) is 4.74 Å². The molecule has 0 N–H and O–H groups in total. The summed E-state index contributed by atoms with van der Waals surface area (Å²) >= 11 is 0. The molecule has 15 heavy (non-hydrogen) atoms. The van der Waals surface area contributed by atoms with Crippen LogP contribution in [0.3, 0.4) is 0 Å². The Kier molecular flexibility index (Phi) is 2.81. The lowest BCUT2D eigenvalue weighted by molar-refractivity contribution is -0.122. The number of hydrogen-bond acceptors (Lipinski definition) is 2. The number of nitrogens with zero attached hydrogens (tertiary/aromatic N) is 1. The molecule has 1 aromatic rings. The first-order valence-electron chi connectivity index (χ1n) is 5.16. The molecular formula is C12H13NO2. The van der Waals surface area contributed by atoms with Crippen molar-refractivity contribution in [2.24, 2.45) is 4.99 Å². The number of hydrogen-bond donors (Lipinski definition) is 0. The molecule has 0 unspecified atom stereocenters. The van der Waals surface area contributed by atoms with E-state index in [1.165, 1.54) is 0 Å². The topological polar surface area (TPSA) is 38.7 Å². The van der Waals surface area contributed by atoms with Crippen molar-refractivity contribution in [3.8, 4) is 0 Å². The van der Waals surface area contributed by atoms with Crippen LogP contribution in [0.15, 0.2) is 35.3 Å². The van der Waals surface area contributed by atoms with E-state index in [-0.39, 0.29) is 12.0 Å². The molecule has 0 aromatic heterocycles. The largest absolute Gasteiger partial charge is 0.464 e. The number of aliphatic imine (C=N–C) groups is 1. The molecule has 0 bridgehead atoms. The zero-order chi connectivity index (χ0) is 10.7. The van der Waals surface area contributed by atoms with Gasteiger partial charge < -0.3 is 4.74 Å². The van der Waals surface area contributed by atoms with Gasteiger partial charge in [0.25, 0.3) is 5.91 Å². The maximum Gasteiger partial charge on any atom is 0.290 e.